The molecule has 2 aromatic rings. The van der Waals surface area contributed by atoms with Gasteiger partial charge in [0.25, 0.3) is 5.91 Å². The Balaban J connectivity index is 2.19. The summed E-state index contributed by atoms with van der Waals surface area (Å²) in [7, 11) is 0. The molecule has 0 fully saturated rings. The fourth-order valence-corrected chi connectivity index (χ4v) is 2.01. The van der Waals surface area contributed by atoms with Crippen molar-refractivity contribution >= 4 is 29.4 Å². The van der Waals surface area contributed by atoms with Crippen LogP contribution in [0.15, 0.2) is 54.6 Å². The summed E-state index contributed by atoms with van der Waals surface area (Å²) in [5.74, 6) is -0.538. The number of allylic oxidation sites excluding steroid dienone is 1. The van der Waals surface area contributed by atoms with Crippen LogP contribution in [0.3, 0.4) is 0 Å². The Morgan fingerprint density at radius 1 is 1.09 bits per heavy atom. The van der Waals surface area contributed by atoms with Crippen LogP contribution in [0.25, 0.3) is 6.08 Å². The zero-order chi connectivity index (χ0) is 15.9. The normalized spacial score (nSPS) is 10.6. The summed E-state index contributed by atoms with van der Waals surface area (Å²) >= 11 is 6.03. The first-order chi connectivity index (χ1) is 10.6. The average molecular weight is 316 g/mol. The molecule has 22 heavy (non-hydrogen) atoms. The minimum Gasteiger partial charge on any atom is -0.483 e. The Kier molecular flexibility index (Phi) is 5.33. The van der Waals surface area contributed by atoms with Crippen molar-refractivity contribution in [3.63, 3.8) is 0 Å². The van der Waals surface area contributed by atoms with E-state index in [4.69, 9.17) is 22.1 Å². The number of hydrogen-bond donors (Lipinski definition) is 1. The van der Waals surface area contributed by atoms with Crippen molar-refractivity contribution in [2.24, 2.45) is 5.73 Å². The second-order valence-electron chi connectivity index (χ2n) is 4.47. The Bertz CT molecular complexity index is 725. The molecule has 0 atom stereocenters. The van der Waals surface area contributed by atoms with Gasteiger partial charge in [-0.15, -0.1) is 0 Å². The van der Waals surface area contributed by atoms with E-state index in [0.29, 0.717) is 16.3 Å². The van der Waals surface area contributed by atoms with Crippen LogP contribution >= 0.6 is 11.6 Å². The molecule has 0 unspecified atom stereocenters. The number of rotatable bonds is 6. The summed E-state index contributed by atoms with van der Waals surface area (Å²) in [6.07, 6.45) is 3.04. The van der Waals surface area contributed by atoms with Crippen LogP contribution in [0.1, 0.15) is 15.9 Å². The van der Waals surface area contributed by atoms with E-state index in [1.807, 2.05) is 18.2 Å². The number of hydrogen-bond acceptors (Lipinski definition) is 3. The van der Waals surface area contributed by atoms with E-state index in [1.165, 1.54) is 6.08 Å². The first kappa shape index (κ1) is 15.8. The highest BCUT2D eigenvalue weighted by Crippen LogP contribution is 2.21. The van der Waals surface area contributed by atoms with Gasteiger partial charge in [-0.3, -0.25) is 9.59 Å². The lowest BCUT2D eigenvalue weighted by Crippen LogP contribution is -2.20. The Labute approximate surface area is 133 Å². The van der Waals surface area contributed by atoms with Crippen molar-refractivity contribution in [3.8, 4) is 5.75 Å². The van der Waals surface area contributed by atoms with Gasteiger partial charge in [0.1, 0.15) is 5.75 Å². The molecule has 2 N–H and O–H groups in total. The van der Waals surface area contributed by atoms with Crippen molar-refractivity contribution in [2.75, 3.05) is 6.61 Å². The molecule has 4 nitrogen and oxygen atoms in total. The molecule has 0 aliphatic carbocycles. The van der Waals surface area contributed by atoms with Gasteiger partial charge in [-0.05, 0) is 35.9 Å². The largest absolute Gasteiger partial charge is 0.483 e. The lowest BCUT2D eigenvalue weighted by atomic mass is 10.1. The molecule has 0 radical (unpaired) electrons. The molecule has 0 saturated heterocycles. The number of amides is 1. The van der Waals surface area contributed by atoms with Crippen LogP contribution in [-0.4, -0.2) is 18.3 Å². The predicted octanol–water partition coefficient (Wildman–Crippen LogP) is 3.10. The Hall–Kier alpha value is -2.59. The van der Waals surface area contributed by atoms with Gasteiger partial charge in [-0.1, -0.05) is 41.9 Å². The second-order valence-corrected chi connectivity index (χ2v) is 4.88. The van der Waals surface area contributed by atoms with Crippen molar-refractivity contribution in [1.29, 1.82) is 0 Å². The number of halogens is 1. The van der Waals surface area contributed by atoms with Gasteiger partial charge in [0.15, 0.2) is 12.4 Å². The molecule has 1 amide bonds. The lowest BCUT2D eigenvalue weighted by molar-refractivity contribution is -0.119. The fourth-order valence-electron chi connectivity index (χ4n) is 1.81. The first-order valence-corrected chi connectivity index (χ1v) is 6.93. The molecule has 0 aliphatic rings. The van der Waals surface area contributed by atoms with Crippen LogP contribution in [0.5, 0.6) is 5.75 Å². The third-order valence-electron chi connectivity index (χ3n) is 2.84. The van der Waals surface area contributed by atoms with E-state index in [1.54, 1.807) is 36.4 Å². The van der Waals surface area contributed by atoms with Gasteiger partial charge in [0.05, 0.1) is 5.56 Å². The van der Waals surface area contributed by atoms with Crippen molar-refractivity contribution in [3.05, 3.63) is 70.8 Å². The van der Waals surface area contributed by atoms with Crippen LogP contribution in [-0.2, 0) is 4.79 Å². The number of carbonyl (C=O) groups excluding carboxylic acids is 2. The first-order valence-electron chi connectivity index (χ1n) is 6.55. The molecular formula is C17H14ClNO3. The predicted molar refractivity (Wildman–Crippen MR) is 85.9 cm³/mol. The van der Waals surface area contributed by atoms with Gasteiger partial charge in [-0.2, -0.15) is 0 Å². The summed E-state index contributed by atoms with van der Waals surface area (Å²) < 4.78 is 5.24. The molecule has 2 aromatic carbocycles. The molecule has 0 bridgehead atoms. The quantitative estimate of drug-likeness (QED) is 0.658. The number of primary amides is 1. The van der Waals surface area contributed by atoms with Gasteiger partial charge >= 0.3 is 0 Å². The monoisotopic (exact) mass is 315 g/mol. The highest BCUT2D eigenvalue weighted by molar-refractivity contribution is 6.32. The van der Waals surface area contributed by atoms with E-state index in [9.17, 15) is 9.59 Å². The molecular weight excluding hydrogens is 302 g/mol. The average Bonchev–Trinajstić information content (AvgIpc) is 2.52. The highest BCUT2D eigenvalue weighted by atomic mass is 35.5. The SMILES string of the molecule is NC(=O)COc1ccccc1C(=O)/C=C/c1ccccc1Cl. The maximum absolute atomic E-state index is 12.3. The Morgan fingerprint density at radius 3 is 2.50 bits per heavy atom. The second kappa shape index (κ2) is 7.43. The highest BCUT2D eigenvalue weighted by Gasteiger charge is 2.10. The zero-order valence-electron chi connectivity index (χ0n) is 11.7. The summed E-state index contributed by atoms with van der Waals surface area (Å²) in [5.41, 5.74) is 6.14. The molecule has 5 heteroatoms. The number of carbonyl (C=O) groups is 2. The summed E-state index contributed by atoms with van der Waals surface area (Å²) in [4.78, 5) is 23.1. The number of ketones is 1. The van der Waals surface area contributed by atoms with E-state index in [0.717, 1.165) is 5.56 Å². The number of nitrogens with two attached hydrogens (primary N) is 1. The van der Waals surface area contributed by atoms with Gasteiger partial charge in [-0.25, -0.2) is 0 Å². The minimum atomic E-state index is -0.603. The van der Waals surface area contributed by atoms with E-state index in [-0.39, 0.29) is 12.4 Å². The molecule has 2 rings (SSSR count). The number of benzene rings is 2. The van der Waals surface area contributed by atoms with Gasteiger partial charge in [0, 0.05) is 5.02 Å². The number of para-hydroxylation sites is 1. The minimum absolute atomic E-state index is 0.250. The van der Waals surface area contributed by atoms with Crippen LogP contribution in [0.4, 0.5) is 0 Å². The molecule has 112 valence electrons. The molecule has 0 spiro atoms. The third kappa shape index (κ3) is 4.20. The van der Waals surface area contributed by atoms with Gasteiger partial charge in [0.2, 0.25) is 0 Å². The third-order valence-corrected chi connectivity index (χ3v) is 3.19. The van der Waals surface area contributed by atoms with Crippen LogP contribution in [0, 0.1) is 0 Å². The van der Waals surface area contributed by atoms with Gasteiger partial charge < -0.3 is 10.5 Å². The molecule has 0 heterocycles. The van der Waals surface area contributed by atoms with E-state index < -0.39 is 5.91 Å². The summed E-state index contributed by atoms with van der Waals surface area (Å²) in [5, 5.41) is 0.560. The maximum Gasteiger partial charge on any atom is 0.255 e. The van der Waals surface area contributed by atoms with Crippen molar-refractivity contribution < 1.29 is 14.3 Å². The summed E-state index contributed by atoms with van der Waals surface area (Å²) in [6.45, 7) is -0.279. The molecule has 0 aromatic heterocycles. The smallest absolute Gasteiger partial charge is 0.255 e. The van der Waals surface area contributed by atoms with Crippen LogP contribution in [0.2, 0.25) is 5.02 Å². The summed E-state index contributed by atoms with van der Waals surface area (Å²) in [6, 6.07) is 13.9. The van der Waals surface area contributed by atoms with E-state index in [2.05, 4.69) is 0 Å². The molecule has 0 aliphatic heterocycles. The topological polar surface area (TPSA) is 69.4 Å². The van der Waals surface area contributed by atoms with Crippen molar-refractivity contribution in [2.45, 2.75) is 0 Å². The van der Waals surface area contributed by atoms with E-state index >= 15 is 0 Å². The lowest BCUT2D eigenvalue weighted by Gasteiger charge is -2.07. The fraction of sp³-hybridized carbons (Fsp3) is 0.0588. The standard InChI is InChI=1S/C17H14ClNO3/c18-14-7-3-1-5-12(14)9-10-15(20)13-6-2-4-8-16(13)22-11-17(19)21/h1-10H,11H2,(H2,19,21)/b10-9+. The number of ether oxygens (including phenoxy) is 1. The zero-order valence-corrected chi connectivity index (χ0v) is 12.4. The molecule has 0 saturated carbocycles. The van der Waals surface area contributed by atoms with Crippen molar-refractivity contribution in [1.82, 2.24) is 0 Å². The Morgan fingerprint density at radius 2 is 1.77 bits per heavy atom. The maximum atomic E-state index is 12.3. The van der Waals surface area contributed by atoms with Crippen LogP contribution < -0.4 is 10.5 Å².